The van der Waals surface area contributed by atoms with E-state index in [4.69, 9.17) is 0 Å². The lowest BCUT2D eigenvalue weighted by molar-refractivity contribution is -0.391. The van der Waals surface area contributed by atoms with E-state index in [1.807, 2.05) is 0 Å². The summed E-state index contributed by atoms with van der Waals surface area (Å²) in [4.78, 5) is 12.1. The van der Waals surface area contributed by atoms with Gasteiger partial charge in [0, 0.05) is 6.92 Å². The van der Waals surface area contributed by atoms with Gasteiger partial charge in [0.05, 0.1) is 0 Å². The van der Waals surface area contributed by atoms with Crippen LogP contribution in [0.3, 0.4) is 0 Å². The molecule has 94 valence electrons. The van der Waals surface area contributed by atoms with Crippen LogP contribution in [0.1, 0.15) is 23.2 Å². The van der Waals surface area contributed by atoms with Crippen molar-refractivity contribution in [3.05, 3.63) is 33.0 Å². The Morgan fingerprint density at radius 2 is 1.94 bits per heavy atom. The third-order valence-corrected chi connectivity index (χ3v) is 1.93. The molecule has 0 radical (unpaired) electrons. The molecule has 0 unspecified atom stereocenters. The van der Waals surface area contributed by atoms with Crippen LogP contribution in [0.5, 0.6) is 0 Å². The summed E-state index contributed by atoms with van der Waals surface area (Å²) >= 11 is 0. The fourth-order valence-corrected chi connectivity index (χ4v) is 1.20. The summed E-state index contributed by atoms with van der Waals surface area (Å²) in [5.74, 6) is -1.26. The van der Waals surface area contributed by atoms with Gasteiger partial charge in [0.1, 0.15) is 11.1 Å². The van der Waals surface area contributed by atoms with Crippen molar-refractivity contribution in [2.75, 3.05) is 0 Å². The van der Waals surface area contributed by atoms with Gasteiger partial charge in [-0.1, -0.05) is 0 Å². The molecular weight excluding hydrogens is 251 g/mol. The number of hydrogen-bond donors (Lipinski definition) is 0. The third-order valence-electron chi connectivity index (χ3n) is 1.93. The Balaban J connectivity index is 3.51. The Labute approximate surface area is 91.2 Å². The van der Waals surface area contributed by atoms with E-state index >= 15 is 0 Å². The number of aryl methyl sites for hydroxylation is 1. The first-order valence-corrected chi connectivity index (χ1v) is 4.16. The molecule has 0 aliphatic rings. The predicted molar refractivity (Wildman–Crippen MR) is 45.6 cm³/mol. The molecule has 17 heavy (non-hydrogen) atoms. The molecule has 1 rings (SSSR count). The summed E-state index contributed by atoms with van der Waals surface area (Å²) in [5, 5.41) is 10.4. The lowest BCUT2D eigenvalue weighted by Gasteiger charge is -2.09. The Hall–Kier alpha value is -1.80. The van der Waals surface area contributed by atoms with Crippen molar-refractivity contribution < 1.29 is 26.9 Å². The Morgan fingerprint density at radius 1 is 1.41 bits per heavy atom. The first kappa shape index (κ1) is 13.3. The van der Waals surface area contributed by atoms with E-state index in [0.717, 1.165) is 6.92 Å². The molecule has 0 saturated carbocycles. The number of pyridine rings is 1. The van der Waals surface area contributed by atoms with Crippen molar-refractivity contribution in [3.8, 4) is 0 Å². The Kier molecular flexibility index (Phi) is 3.30. The van der Waals surface area contributed by atoms with Crippen molar-refractivity contribution in [1.29, 1.82) is 0 Å². The molecule has 0 atom stereocenters. The van der Waals surface area contributed by atoms with Crippen molar-refractivity contribution in [2.45, 2.75) is 19.5 Å². The lowest BCUT2D eigenvalue weighted by Crippen LogP contribution is -2.12. The van der Waals surface area contributed by atoms with Gasteiger partial charge in [-0.25, -0.2) is 8.78 Å². The zero-order valence-corrected chi connectivity index (χ0v) is 8.26. The van der Waals surface area contributed by atoms with Crippen LogP contribution >= 0.6 is 0 Å². The van der Waals surface area contributed by atoms with E-state index in [2.05, 4.69) is 4.98 Å². The van der Waals surface area contributed by atoms with Gasteiger partial charge in [-0.05, 0) is 16.0 Å². The number of alkyl halides is 5. The number of rotatable bonds is 2. The average molecular weight is 256 g/mol. The normalized spacial score (nSPS) is 11.9. The van der Waals surface area contributed by atoms with Gasteiger partial charge in [-0.15, -0.1) is 0 Å². The summed E-state index contributed by atoms with van der Waals surface area (Å²) in [6, 6.07) is 0.0606. The molecule has 0 saturated heterocycles. The highest BCUT2D eigenvalue weighted by Gasteiger charge is 2.38. The van der Waals surface area contributed by atoms with Gasteiger partial charge < -0.3 is 10.1 Å². The number of hydrogen-bond acceptors (Lipinski definition) is 3. The fraction of sp³-hybridized carbons (Fsp3) is 0.375. The first-order valence-electron chi connectivity index (χ1n) is 4.16. The lowest BCUT2D eigenvalue weighted by atomic mass is 10.1. The second-order valence-electron chi connectivity index (χ2n) is 3.09. The minimum absolute atomic E-state index is 0.0606. The summed E-state index contributed by atoms with van der Waals surface area (Å²) in [7, 11) is 0. The van der Waals surface area contributed by atoms with Crippen molar-refractivity contribution in [3.63, 3.8) is 0 Å². The maximum Gasteiger partial charge on any atom is 0.420 e. The fourth-order valence-electron chi connectivity index (χ4n) is 1.20. The van der Waals surface area contributed by atoms with Gasteiger partial charge in [0.15, 0.2) is 5.69 Å². The molecular formula is C8H5F5N2O2. The van der Waals surface area contributed by atoms with Crippen molar-refractivity contribution >= 4 is 5.82 Å². The Bertz CT molecular complexity index is 458. The molecule has 0 N–H and O–H groups in total. The standard InChI is InChI=1S/C8H5F5N2O2/c1-3-5(8(11,12)13)2-4(6(9)10)7(14-3)15(16)17/h2,6H,1H3. The van der Waals surface area contributed by atoms with Gasteiger partial charge >= 0.3 is 12.0 Å². The van der Waals surface area contributed by atoms with Gasteiger partial charge in [0.2, 0.25) is 0 Å². The Morgan fingerprint density at radius 3 is 2.29 bits per heavy atom. The molecule has 1 aromatic heterocycles. The minimum Gasteiger partial charge on any atom is -0.358 e. The third kappa shape index (κ3) is 2.66. The second-order valence-corrected chi connectivity index (χ2v) is 3.09. The molecule has 1 aromatic rings. The monoisotopic (exact) mass is 256 g/mol. The SMILES string of the molecule is Cc1nc([N+](=O)[O-])c(C(F)F)cc1C(F)(F)F. The summed E-state index contributed by atoms with van der Waals surface area (Å²) in [6.45, 7) is 0.866. The van der Waals surface area contributed by atoms with Crippen molar-refractivity contribution in [2.24, 2.45) is 0 Å². The van der Waals surface area contributed by atoms with Crippen molar-refractivity contribution in [1.82, 2.24) is 4.98 Å². The van der Waals surface area contributed by atoms with E-state index in [9.17, 15) is 32.1 Å². The minimum atomic E-state index is -4.88. The van der Waals surface area contributed by atoms with Crippen LogP contribution in [-0.4, -0.2) is 9.91 Å². The van der Waals surface area contributed by atoms with E-state index in [0.29, 0.717) is 0 Å². The number of aromatic nitrogens is 1. The molecule has 0 spiro atoms. The average Bonchev–Trinajstić information content (AvgIpc) is 2.14. The number of nitrogens with zero attached hydrogens (tertiary/aromatic N) is 2. The van der Waals surface area contributed by atoms with Crippen LogP contribution in [0, 0.1) is 17.0 Å². The maximum absolute atomic E-state index is 12.4. The van der Waals surface area contributed by atoms with E-state index in [1.165, 1.54) is 0 Å². The predicted octanol–water partition coefficient (Wildman–Crippen LogP) is 3.25. The van der Waals surface area contributed by atoms with Crippen LogP contribution < -0.4 is 0 Å². The first-order chi connectivity index (χ1) is 7.64. The maximum atomic E-state index is 12.4. The largest absolute Gasteiger partial charge is 0.420 e. The molecule has 0 aliphatic heterocycles. The number of nitro groups is 1. The quantitative estimate of drug-likeness (QED) is 0.463. The molecule has 0 fully saturated rings. The molecule has 9 heteroatoms. The summed E-state index contributed by atoms with van der Waals surface area (Å²) < 4.78 is 61.9. The smallest absolute Gasteiger partial charge is 0.358 e. The van der Waals surface area contributed by atoms with Crippen LogP contribution in [0.25, 0.3) is 0 Å². The molecule has 0 bridgehead atoms. The van der Waals surface area contributed by atoms with Crippen LogP contribution in [-0.2, 0) is 6.18 Å². The van der Waals surface area contributed by atoms with Crippen LogP contribution in [0.4, 0.5) is 27.8 Å². The highest BCUT2D eigenvalue weighted by atomic mass is 19.4. The molecule has 0 amide bonds. The van der Waals surface area contributed by atoms with Gasteiger partial charge in [0.25, 0.3) is 6.43 Å². The molecule has 0 aliphatic carbocycles. The highest BCUT2D eigenvalue weighted by Crippen LogP contribution is 2.36. The molecule has 1 heterocycles. The van der Waals surface area contributed by atoms with Gasteiger partial charge in [-0.2, -0.15) is 13.2 Å². The molecule has 4 nitrogen and oxygen atoms in total. The second kappa shape index (κ2) is 4.22. The molecule has 0 aromatic carbocycles. The van der Waals surface area contributed by atoms with E-state index in [1.54, 1.807) is 0 Å². The van der Waals surface area contributed by atoms with E-state index in [-0.39, 0.29) is 6.07 Å². The topological polar surface area (TPSA) is 56.0 Å². The van der Waals surface area contributed by atoms with Crippen LogP contribution in [0.15, 0.2) is 6.07 Å². The highest BCUT2D eigenvalue weighted by molar-refractivity contribution is 5.40. The zero-order chi connectivity index (χ0) is 13.4. The zero-order valence-electron chi connectivity index (χ0n) is 8.26. The van der Waals surface area contributed by atoms with Crippen LogP contribution in [0.2, 0.25) is 0 Å². The van der Waals surface area contributed by atoms with Gasteiger partial charge in [-0.3, -0.25) is 0 Å². The van der Waals surface area contributed by atoms with E-state index < -0.39 is 40.2 Å². The summed E-state index contributed by atoms with van der Waals surface area (Å²) in [5.41, 5.74) is -3.46. The number of halogens is 5. The summed E-state index contributed by atoms with van der Waals surface area (Å²) in [6.07, 6.45) is -8.28.